The molecule has 2 amide bonds. The van der Waals surface area contributed by atoms with Gasteiger partial charge in [-0.3, -0.25) is 14.5 Å². The van der Waals surface area contributed by atoms with Crippen molar-refractivity contribution in [3.63, 3.8) is 0 Å². The minimum Gasteiger partial charge on any atom is -0.375 e. The molecule has 2 aromatic carbocycles. The molecule has 1 fully saturated rings. The Morgan fingerprint density at radius 3 is 2.61 bits per heavy atom. The topological polar surface area (TPSA) is 100 Å². The Balaban J connectivity index is 1.51. The predicted molar refractivity (Wildman–Crippen MR) is 133 cm³/mol. The molecule has 174 valence electrons. The zero-order valence-electron chi connectivity index (χ0n) is 18.9. The minimum absolute atomic E-state index is 0.112. The number of nitrogens with two attached hydrogens (primary N) is 1. The Morgan fingerprint density at radius 1 is 1.09 bits per heavy atom. The van der Waals surface area contributed by atoms with Crippen LogP contribution in [0.4, 0.5) is 5.13 Å². The number of amides is 2. The molecular formula is C25H31N5O2S. The summed E-state index contributed by atoms with van der Waals surface area (Å²) in [4.78, 5) is 33.5. The Morgan fingerprint density at radius 2 is 1.85 bits per heavy atom. The Labute approximate surface area is 198 Å². The molecule has 1 aliphatic rings. The van der Waals surface area contributed by atoms with E-state index in [1.54, 1.807) is 6.20 Å². The van der Waals surface area contributed by atoms with Crippen molar-refractivity contribution in [1.82, 2.24) is 20.5 Å². The molecule has 2 atom stereocenters. The second-order valence-electron chi connectivity index (χ2n) is 8.56. The summed E-state index contributed by atoms with van der Waals surface area (Å²) in [5.41, 5.74) is 6.73. The van der Waals surface area contributed by atoms with Crippen molar-refractivity contribution >= 4 is 39.1 Å². The van der Waals surface area contributed by atoms with E-state index in [2.05, 4.69) is 38.7 Å². The van der Waals surface area contributed by atoms with Crippen LogP contribution < -0.4 is 16.4 Å². The van der Waals surface area contributed by atoms with E-state index in [0.29, 0.717) is 18.1 Å². The van der Waals surface area contributed by atoms with Crippen molar-refractivity contribution in [2.75, 3.05) is 18.8 Å². The van der Waals surface area contributed by atoms with Gasteiger partial charge in [0, 0.05) is 17.5 Å². The van der Waals surface area contributed by atoms with Crippen molar-refractivity contribution in [2.24, 2.45) is 0 Å². The molecule has 0 aliphatic carbocycles. The number of piperidine rings is 1. The summed E-state index contributed by atoms with van der Waals surface area (Å²) >= 11 is 1.34. The number of carbonyl (C=O) groups is 2. The van der Waals surface area contributed by atoms with Gasteiger partial charge in [-0.1, -0.05) is 48.9 Å². The summed E-state index contributed by atoms with van der Waals surface area (Å²) in [6, 6.07) is 13.2. The molecule has 0 unspecified atom stereocenters. The number of anilines is 1. The summed E-state index contributed by atoms with van der Waals surface area (Å²) in [6.45, 7) is 4.09. The first kappa shape index (κ1) is 23.2. The van der Waals surface area contributed by atoms with E-state index < -0.39 is 6.04 Å². The first-order valence-corrected chi connectivity index (χ1v) is 12.3. The van der Waals surface area contributed by atoms with E-state index in [1.165, 1.54) is 17.8 Å². The number of nitrogens with one attached hydrogen (secondary N) is 2. The number of fused-ring (bicyclic) bond motifs is 1. The van der Waals surface area contributed by atoms with Gasteiger partial charge in [0.05, 0.1) is 12.6 Å². The molecular weight excluding hydrogens is 434 g/mol. The van der Waals surface area contributed by atoms with E-state index >= 15 is 0 Å². The molecule has 1 aromatic heterocycles. The molecule has 0 spiro atoms. The van der Waals surface area contributed by atoms with Crippen LogP contribution in [0, 0.1) is 0 Å². The third-order valence-electron chi connectivity index (χ3n) is 6.26. The lowest BCUT2D eigenvalue weighted by atomic mass is 9.98. The van der Waals surface area contributed by atoms with Crippen LogP contribution in [0.25, 0.3) is 10.8 Å². The number of likely N-dealkylation sites (tertiary alicyclic amines) is 1. The average Bonchev–Trinajstić information content (AvgIpc) is 3.27. The van der Waals surface area contributed by atoms with Gasteiger partial charge in [-0.25, -0.2) is 4.98 Å². The van der Waals surface area contributed by atoms with Gasteiger partial charge in [0.25, 0.3) is 0 Å². The Kier molecular flexibility index (Phi) is 7.57. The van der Waals surface area contributed by atoms with Crippen molar-refractivity contribution in [2.45, 2.75) is 51.2 Å². The highest BCUT2D eigenvalue weighted by atomic mass is 32.1. The van der Waals surface area contributed by atoms with Crippen molar-refractivity contribution in [3.8, 4) is 0 Å². The average molecular weight is 466 g/mol. The lowest BCUT2D eigenvalue weighted by Gasteiger charge is -2.32. The van der Waals surface area contributed by atoms with Crippen LogP contribution in [0.3, 0.4) is 0 Å². The second-order valence-corrected chi connectivity index (χ2v) is 9.71. The van der Waals surface area contributed by atoms with Gasteiger partial charge in [-0.05, 0) is 49.2 Å². The fourth-order valence-electron chi connectivity index (χ4n) is 4.37. The number of thiazole rings is 1. The number of benzene rings is 2. The molecule has 4 rings (SSSR count). The molecule has 2 heterocycles. The fraction of sp³-hybridized carbons (Fsp3) is 0.400. The van der Waals surface area contributed by atoms with Gasteiger partial charge >= 0.3 is 0 Å². The van der Waals surface area contributed by atoms with E-state index in [9.17, 15) is 9.59 Å². The highest BCUT2D eigenvalue weighted by molar-refractivity contribution is 7.15. The molecule has 33 heavy (non-hydrogen) atoms. The van der Waals surface area contributed by atoms with Crippen molar-refractivity contribution < 1.29 is 9.59 Å². The lowest BCUT2D eigenvalue weighted by Crippen LogP contribution is -2.54. The van der Waals surface area contributed by atoms with Gasteiger partial charge in [-0.2, -0.15) is 0 Å². The lowest BCUT2D eigenvalue weighted by molar-refractivity contribution is -0.132. The van der Waals surface area contributed by atoms with E-state index in [4.69, 9.17) is 5.73 Å². The van der Waals surface area contributed by atoms with Gasteiger partial charge in [-0.15, -0.1) is 11.3 Å². The van der Waals surface area contributed by atoms with E-state index in [-0.39, 0.29) is 17.9 Å². The number of carbonyl (C=O) groups excluding carboxylic acids is 2. The van der Waals surface area contributed by atoms with Crippen LogP contribution in [0.1, 0.15) is 36.6 Å². The summed E-state index contributed by atoms with van der Waals surface area (Å²) < 4.78 is 0. The fourth-order valence-corrected chi connectivity index (χ4v) is 4.99. The predicted octanol–water partition coefficient (Wildman–Crippen LogP) is 3.10. The summed E-state index contributed by atoms with van der Waals surface area (Å²) in [5.74, 6) is -0.326. The zero-order valence-corrected chi connectivity index (χ0v) is 19.7. The zero-order chi connectivity index (χ0) is 23.2. The van der Waals surface area contributed by atoms with Crippen LogP contribution in [0.5, 0.6) is 0 Å². The van der Waals surface area contributed by atoms with Gasteiger partial charge < -0.3 is 16.4 Å². The summed E-state index contributed by atoms with van der Waals surface area (Å²) in [7, 11) is 0. The molecule has 0 saturated carbocycles. The summed E-state index contributed by atoms with van der Waals surface area (Å²) in [5, 5.41) is 8.66. The third kappa shape index (κ3) is 5.89. The summed E-state index contributed by atoms with van der Waals surface area (Å²) in [6.07, 6.45) is 5.50. The largest absolute Gasteiger partial charge is 0.375 e. The van der Waals surface area contributed by atoms with Crippen LogP contribution in [-0.4, -0.2) is 46.9 Å². The van der Waals surface area contributed by atoms with Crippen molar-refractivity contribution in [3.05, 3.63) is 59.1 Å². The van der Waals surface area contributed by atoms with E-state index in [1.807, 2.05) is 31.2 Å². The molecule has 0 bridgehead atoms. The number of nitrogen functional groups attached to an aromatic ring is 1. The first-order chi connectivity index (χ1) is 16.0. The maximum atomic E-state index is 13.2. The molecule has 1 saturated heterocycles. The SMILES string of the molecule is C[C@H](C(=O)N[C@@H](Cc1cccc2ccccc12)C(=O)NCc1cnc(N)s1)N1CCCCC1. The van der Waals surface area contributed by atoms with Gasteiger partial charge in [0.2, 0.25) is 11.8 Å². The smallest absolute Gasteiger partial charge is 0.243 e. The maximum absolute atomic E-state index is 13.2. The second kappa shape index (κ2) is 10.8. The molecule has 7 nitrogen and oxygen atoms in total. The van der Waals surface area contributed by atoms with Gasteiger partial charge in [0.15, 0.2) is 5.13 Å². The molecule has 1 aliphatic heterocycles. The van der Waals surface area contributed by atoms with Crippen LogP contribution >= 0.6 is 11.3 Å². The molecule has 0 radical (unpaired) electrons. The number of rotatable bonds is 8. The number of aromatic nitrogens is 1. The number of hydrogen-bond donors (Lipinski definition) is 3. The maximum Gasteiger partial charge on any atom is 0.243 e. The number of nitrogens with zero attached hydrogens (tertiary/aromatic N) is 2. The molecule has 8 heteroatoms. The number of hydrogen-bond acceptors (Lipinski definition) is 6. The Hall–Kier alpha value is -2.97. The molecule has 4 N–H and O–H groups in total. The first-order valence-electron chi connectivity index (χ1n) is 11.5. The minimum atomic E-state index is -0.680. The highest BCUT2D eigenvalue weighted by Crippen LogP contribution is 2.20. The quantitative estimate of drug-likeness (QED) is 0.475. The van der Waals surface area contributed by atoms with Crippen LogP contribution in [0.2, 0.25) is 0 Å². The molecule has 3 aromatic rings. The van der Waals surface area contributed by atoms with Crippen LogP contribution in [0.15, 0.2) is 48.7 Å². The highest BCUT2D eigenvalue weighted by Gasteiger charge is 2.28. The van der Waals surface area contributed by atoms with Gasteiger partial charge in [0.1, 0.15) is 6.04 Å². The monoisotopic (exact) mass is 465 g/mol. The van der Waals surface area contributed by atoms with Crippen LogP contribution in [-0.2, 0) is 22.6 Å². The Bertz CT molecular complexity index is 1100. The third-order valence-corrected chi connectivity index (χ3v) is 7.09. The standard InChI is InChI=1S/C25H31N5O2S/c1-17(30-12-5-2-6-13-30)23(31)29-22(24(32)27-15-20-16-28-25(26)33-20)14-19-10-7-9-18-8-3-4-11-21(18)19/h3-4,7-11,16-17,22H,2,5-6,12-15H2,1H3,(H2,26,28)(H,27,32)(H,29,31)/t17-,22+/m1/s1. The van der Waals surface area contributed by atoms with E-state index in [0.717, 1.165) is 47.1 Å². The normalized spacial score (nSPS) is 16.3. The van der Waals surface area contributed by atoms with Crippen molar-refractivity contribution in [1.29, 1.82) is 0 Å².